The van der Waals surface area contributed by atoms with E-state index in [1.54, 1.807) is 0 Å². The number of rotatable bonds is 7. The predicted molar refractivity (Wildman–Crippen MR) is 79.6 cm³/mol. The van der Waals surface area contributed by atoms with Crippen LogP contribution in [0.15, 0.2) is 36.5 Å². The fourth-order valence-corrected chi connectivity index (χ4v) is 2.02. The van der Waals surface area contributed by atoms with Crippen LogP contribution in [0.2, 0.25) is 0 Å². The van der Waals surface area contributed by atoms with Crippen molar-refractivity contribution in [2.24, 2.45) is 0 Å². The summed E-state index contributed by atoms with van der Waals surface area (Å²) in [6, 6.07) is 10.1. The van der Waals surface area contributed by atoms with Crippen LogP contribution in [0.3, 0.4) is 0 Å². The van der Waals surface area contributed by atoms with Gasteiger partial charge in [0.1, 0.15) is 11.9 Å². The molecule has 2 aromatic rings. The van der Waals surface area contributed by atoms with Crippen LogP contribution in [0.25, 0.3) is 10.9 Å². The van der Waals surface area contributed by atoms with E-state index in [2.05, 4.69) is 36.3 Å². The maximum atomic E-state index is 6.02. The maximum Gasteiger partial charge on any atom is 0.121 e. The molecule has 1 aromatic heterocycles. The first-order valence-corrected chi connectivity index (χ1v) is 7.05. The van der Waals surface area contributed by atoms with Crippen molar-refractivity contribution in [1.29, 1.82) is 0 Å². The first-order valence-electron chi connectivity index (χ1n) is 7.05. The molecule has 0 aliphatic heterocycles. The second-order valence-electron chi connectivity index (χ2n) is 4.71. The van der Waals surface area contributed by atoms with Gasteiger partial charge in [-0.05, 0) is 37.6 Å². The summed E-state index contributed by atoms with van der Waals surface area (Å²) < 4.78 is 6.02. The molecule has 19 heavy (non-hydrogen) atoms. The van der Waals surface area contributed by atoms with Gasteiger partial charge >= 0.3 is 0 Å². The fourth-order valence-electron chi connectivity index (χ4n) is 2.02. The number of nitrogens with one attached hydrogen (secondary N) is 1. The number of hydrogen-bond acceptors (Lipinski definition) is 3. The van der Waals surface area contributed by atoms with Crippen LogP contribution in [-0.4, -0.2) is 24.2 Å². The predicted octanol–water partition coefficient (Wildman–Crippen LogP) is 3.39. The number of benzene rings is 1. The zero-order valence-corrected chi connectivity index (χ0v) is 11.7. The summed E-state index contributed by atoms with van der Waals surface area (Å²) >= 11 is 0. The standard InChI is InChI=1S/C16H22N2O/c1-3-9-17-12-14(4-2)19-15-8-7-13-6-5-10-18-16(13)11-15/h5-8,10-11,14,17H,3-4,9,12H2,1-2H3. The summed E-state index contributed by atoms with van der Waals surface area (Å²) in [6.07, 6.45) is 4.17. The molecule has 1 N–H and O–H groups in total. The van der Waals surface area contributed by atoms with Crippen LogP contribution in [0.5, 0.6) is 5.75 Å². The molecule has 3 nitrogen and oxygen atoms in total. The number of fused-ring (bicyclic) bond motifs is 1. The molecular formula is C16H22N2O. The van der Waals surface area contributed by atoms with Crippen LogP contribution in [-0.2, 0) is 0 Å². The quantitative estimate of drug-likeness (QED) is 0.773. The Kier molecular flexibility index (Phi) is 5.16. The van der Waals surface area contributed by atoms with Crippen LogP contribution in [0.4, 0.5) is 0 Å². The lowest BCUT2D eigenvalue weighted by molar-refractivity contribution is 0.194. The molecule has 0 radical (unpaired) electrons. The fraction of sp³-hybridized carbons (Fsp3) is 0.438. The average molecular weight is 258 g/mol. The van der Waals surface area contributed by atoms with E-state index >= 15 is 0 Å². The minimum absolute atomic E-state index is 0.215. The molecule has 1 atom stereocenters. The first kappa shape index (κ1) is 13.8. The Morgan fingerprint density at radius 2 is 2.16 bits per heavy atom. The van der Waals surface area contributed by atoms with Crippen LogP contribution >= 0.6 is 0 Å². The third kappa shape index (κ3) is 3.93. The van der Waals surface area contributed by atoms with Crippen molar-refractivity contribution in [3.05, 3.63) is 36.5 Å². The van der Waals surface area contributed by atoms with Crippen LogP contribution in [0, 0.1) is 0 Å². The van der Waals surface area contributed by atoms with Crippen LogP contribution < -0.4 is 10.1 Å². The Balaban J connectivity index is 2.02. The van der Waals surface area contributed by atoms with Gasteiger partial charge in [0.25, 0.3) is 0 Å². The van der Waals surface area contributed by atoms with Crippen molar-refractivity contribution in [2.45, 2.75) is 32.8 Å². The average Bonchev–Trinajstić information content (AvgIpc) is 2.46. The van der Waals surface area contributed by atoms with Gasteiger partial charge in [0.05, 0.1) is 5.52 Å². The number of hydrogen-bond donors (Lipinski definition) is 1. The van der Waals surface area contributed by atoms with Crippen LogP contribution in [0.1, 0.15) is 26.7 Å². The monoisotopic (exact) mass is 258 g/mol. The minimum atomic E-state index is 0.215. The minimum Gasteiger partial charge on any atom is -0.489 e. The summed E-state index contributed by atoms with van der Waals surface area (Å²) in [5.74, 6) is 0.899. The Labute approximate surface area is 115 Å². The maximum absolute atomic E-state index is 6.02. The summed E-state index contributed by atoms with van der Waals surface area (Å²) in [5, 5.41) is 4.55. The van der Waals surface area contributed by atoms with Crippen molar-refractivity contribution in [3.63, 3.8) is 0 Å². The van der Waals surface area contributed by atoms with E-state index in [1.807, 2.05) is 24.4 Å². The third-order valence-corrected chi connectivity index (χ3v) is 3.13. The van der Waals surface area contributed by atoms with Gasteiger partial charge in [-0.25, -0.2) is 0 Å². The number of ether oxygens (including phenoxy) is 1. The Bertz CT molecular complexity index is 513. The smallest absolute Gasteiger partial charge is 0.121 e. The van der Waals surface area contributed by atoms with E-state index in [-0.39, 0.29) is 6.10 Å². The Morgan fingerprint density at radius 3 is 2.95 bits per heavy atom. The lowest BCUT2D eigenvalue weighted by Crippen LogP contribution is -2.31. The van der Waals surface area contributed by atoms with E-state index in [0.717, 1.165) is 42.6 Å². The van der Waals surface area contributed by atoms with Gasteiger partial charge in [-0.1, -0.05) is 19.9 Å². The lowest BCUT2D eigenvalue weighted by Gasteiger charge is -2.18. The summed E-state index contributed by atoms with van der Waals surface area (Å²) in [4.78, 5) is 4.35. The van der Waals surface area contributed by atoms with E-state index in [4.69, 9.17) is 4.74 Å². The second kappa shape index (κ2) is 7.10. The molecule has 1 heterocycles. The molecule has 102 valence electrons. The van der Waals surface area contributed by atoms with E-state index in [1.165, 1.54) is 0 Å². The van der Waals surface area contributed by atoms with E-state index < -0.39 is 0 Å². The SMILES string of the molecule is CCCNCC(CC)Oc1ccc2cccnc2c1. The zero-order valence-electron chi connectivity index (χ0n) is 11.7. The number of aromatic nitrogens is 1. The van der Waals surface area contributed by atoms with E-state index in [0.29, 0.717) is 0 Å². The molecule has 2 rings (SSSR count). The summed E-state index contributed by atoms with van der Waals surface area (Å²) in [5.41, 5.74) is 0.983. The topological polar surface area (TPSA) is 34.1 Å². The van der Waals surface area contributed by atoms with Gasteiger partial charge in [-0.15, -0.1) is 0 Å². The van der Waals surface area contributed by atoms with E-state index in [9.17, 15) is 0 Å². The molecule has 0 aliphatic carbocycles. The van der Waals surface area contributed by atoms with Crippen molar-refractivity contribution in [1.82, 2.24) is 10.3 Å². The highest BCUT2D eigenvalue weighted by Crippen LogP contribution is 2.20. The highest BCUT2D eigenvalue weighted by atomic mass is 16.5. The summed E-state index contributed by atoms with van der Waals surface area (Å²) in [6.45, 7) is 6.26. The molecule has 0 aliphatic rings. The van der Waals surface area contributed by atoms with Gasteiger partial charge in [0.2, 0.25) is 0 Å². The molecule has 0 saturated heterocycles. The number of nitrogens with zero attached hydrogens (tertiary/aromatic N) is 1. The van der Waals surface area contributed by atoms with Gasteiger partial charge < -0.3 is 10.1 Å². The highest BCUT2D eigenvalue weighted by molar-refractivity contribution is 5.79. The normalized spacial score (nSPS) is 12.5. The lowest BCUT2D eigenvalue weighted by atomic mass is 10.2. The summed E-state index contributed by atoms with van der Waals surface area (Å²) in [7, 11) is 0. The molecule has 1 aromatic carbocycles. The molecule has 0 amide bonds. The number of pyridine rings is 1. The highest BCUT2D eigenvalue weighted by Gasteiger charge is 2.08. The van der Waals surface area contributed by atoms with Gasteiger partial charge in [0, 0.05) is 24.2 Å². The molecule has 3 heteroatoms. The largest absolute Gasteiger partial charge is 0.489 e. The van der Waals surface area contributed by atoms with Crippen molar-refractivity contribution < 1.29 is 4.74 Å². The molecule has 0 bridgehead atoms. The first-order chi connectivity index (χ1) is 9.33. The third-order valence-electron chi connectivity index (χ3n) is 3.13. The van der Waals surface area contributed by atoms with Gasteiger partial charge in [0.15, 0.2) is 0 Å². The van der Waals surface area contributed by atoms with Gasteiger partial charge in [-0.2, -0.15) is 0 Å². The second-order valence-corrected chi connectivity index (χ2v) is 4.71. The molecule has 1 unspecified atom stereocenters. The molecular weight excluding hydrogens is 236 g/mol. The van der Waals surface area contributed by atoms with Crippen molar-refractivity contribution in [3.8, 4) is 5.75 Å². The molecule has 0 fully saturated rings. The van der Waals surface area contributed by atoms with Gasteiger partial charge in [-0.3, -0.25) is 4.98 Å². The molecule has 0 saturated carbocycles. The molecule has 0 spiro atoms. The zero-order chi connectivity index (χ0) is 13.5. The van der Waals surface area contributed by atoms with Crippen molar-refractivity contribution >= 4 is 10.9 Å². The van der Waals surface area contributed by atoms with Crippen molar-refractivity contribution in [2.75, 3.05) is 13.1 Å². The Hall–Kier alpha value is -1.61. The Morgan fingerprint density at radius 1 is 1.26 bits per heavy atom.